The zero-order valence-corrected chi connectivity index (χ0v) is 17.6. The van der Waals surface area contributed by atoms with E-state index in [1.54, 1.807) is 36.4 Å². The molecule has 0 aliphatic carbocycles. The van der Waals surface area contributed by atoms with Gasteiger partial charge in [-0.25, -0.2) is 4.39 Å². The number of fused-ring (bicyclic) bond motifs is 2. The molecule has 0 radical (unpaired) electrons. The second-order valence-electron chi connectivity index (χ2n) is 7.46. The number of hydrogen-bond donors (Lipinski definition) is 1. The Morgan fingerprint density at radius 2 is 1.66 bits per heavy atom. The van der Waals surface area contributed by atoms with Gasteiger partial charge in [-0.2, -0.15) is 0 Å². The molecule has 1 atom stereocenters. The summed E-state index contributed by atoms with van der Waals surface area (Å²) in [6.07, 6.45) is 0. The highest BCUT2D eigenvalue weighted by Gasteiger charge is 2.61. The summed E-state index contributed by atoms with van der Waals surface area (Å²) in [5.74, 6) is -1.30. The first-order chi connectivity index (χ1) is 15.5. The van der Waals surface area contributed by atoms with Crippen LogP contribution in [-0.4, -0.2) is 30.0 Å². The van der Waals surface area contributed by atoms with E-state index < -0.39 is 10.7 Å². The van der Waals surface area contributed by atoms with Gasteiger partial charge in [-0.05, 0) is 42.5 Å². The molecule has 3 aromatic carbocycles. The van der Waals surface area contributed by atoms with E-state index >= 15 is 0 Å². The topological polar surface area (TPSA) is 69.7 Å². The zero-order chi connectivity index (χ0) is 22.3. The minimum Gasteiger partial charge on any atom is -0.325 e. The van der Waals surface area contributed by atoms with Crippen LogP contribution in [0, 0.1) is 5.82 Å². The van der Waals surface area contributed by atoms with Crippen molar-refractivity contribution in [1.29, 1.82) is 0 Å². The number of nitrogens with zero attached hydrogens (tertiary/aromatic N) is 2. The monoisotopic (exact) mass is 447 g/mol. The minimum absolute atomic E-state index is 0.0987. The van der Waals surface area contributed by atoms with E-state index in [0.717, 1.165) is 0 Å². The molecule has 3 amide bonds. The first-order valence-corrected chi connectivity index (χ1v) is 11.0. The van der Waals surface area contributed by atoms with Crippen LogP contribution in [0.1, 0.15) is 5.56 Å². The molecule has 6 nitrogen and oxygen atoms in total. The van der Waals surface area contributed by atoms with Gasteiger partial charge in [0.1, 0.15) is 12.4 Å². The number of thioether (sulfide) groups is 1. The van der Waals surface area contributed by atoms with Crippen LogP contribution in [0.5, 0.6) is 0 Å². The van der Waals surface area contributed by atoms with E-state index in [-0.39, 0.29) is 30.0 Å². The number of amides is 3. The highest BCUT2D eigenvalue weighted by molar-refractivity contribution is 8.02. The fourth-order valence-corrected chi connectivity index (χ4v) is 5.53. The fraction of sp³-hybridized carbons (Fsp3) is 0.125. The summed E-state index contributed by atoms with van der Waals surface area (Å²) in [5, 5.41) is 2.80. The Bertz CT molecular complexity index is 1220. The van der Waals surface area contributed by atoms with E-state index in [0.29, 0.717) is 22.6 Å². The summed E-state index contributed by atoms with van der Waals surface area (Å²) in [5.41, 5.74) is 2.28. The van der Waals surface area contributed by atoms with E-state index in [1.807, 2.05) is 18.2 Å². The summed E-state index contributed by atoms with van der Waals surface area (Å²) in [7, 11) is 0. The van der Waals surface area contributed by atoms with Crippen molar-refractivity contribution < 1.29 is 18.8 Å². The van der Waals surface area contributed by atoms with E-state index in [4.69, 9.17) is 0 Å². The summed E-state index contributed by atoms with van der Waals surface area (Å²) in [6, 6.07) is 21.6. The average molecular weight is 447 g/mol. The van der Waals surface area contributed by atoms with Crippen LogP contribution in [0.15, 0.2) is 78.9 Å². The third-order valence-electron chi connectivity index (χ3n) is 5.51. The summed E-state index contributed by atoms with van der Waals surface area (Å²) in [4.78, 5) is 41.0. The first-order valence-electron chi connectivity index (χ1n) is 9.99. The van der Waals surface area contributed by atoms with E-state index in [9.17, 15) is 18.8 Å². The summed E-state index contributed by atoms with van der Waals surface area (Å²) >= 11 is 1.21. The lowest BCUT2D eigenvalue weighted by molar-refractivity contribution is -0.124. The number of rotatable bonds is 4. The average Bonchev–Trinajstić information content (AvgIpc) is 3.26. The molecule has 160 valence electrons. The van der Waals surface area contributed by atoms with Gasteiger partial charge in [-0.3, -0.25) is 24.2 Å². The molecule has 0 saturated carbocycles. The maximum Gasteiger partial charge on any atom is 0.269 e. The molecule has 1 spiro atoms. The molecule has 2 heterocycles. The van der Waals surface area contributed by atoms with Crippen LogP contribution < -0.4 is 15.1 Å². The Balaban J connectivity index is 1.53. The van der Waals surface area contributed by atoms with Crippen molar-refractivity contribution in [1.82, 2.24) is 0 Å². The molecule has 1 fully saturated rings. The number of nitrogens with one attached hydrogen (secondary N) is 1. The number of anilines is 3. The zero-order valence-electron chi connectivity index (χ0n) is 16.8. The predicted molar refractivity (Wildman–Crippen MR) is 122 cm³/mol. The van der Waals surface area contributed by atoms with E-state index in [2.05, 4.69) is 5.32 Å². The largest absolute Gasteiger partial charge is 0.325 e. The number of carbonyl (C=O) groups excluding carboxylic acids is 3. The quantitative estimate of drug-likeness (QED) is 0.662. The minimum atomic E-state index is -1.33. The van der Waals surface area contributed by atoms with E-state index in [1.165, 1.54) is 45.8 Å². The summed E-state index contributed by atoms with van der Waals surface area (Å²) < 4.78 is 13.5. The predicted octanol–water partition coefficient (Wildman–Crippen LogP) is 3.74. The Morgan fingerprint density at radius 1 is 0.969 bits per heavy atom. The highest BCUT2D eigenvalue weighted by atomic mass is 32.2. The molecule has 0 aromatic heterocycles. The summed E-state index contributed by atoms with van der Waals surface area (Å²) in [6.45, 7) is -0.196. The maximum atomic E-state index is 13.8. The molecule has 1 N–H and O–H groups in total. The number of halogens is 1. The molecule has 2 aliphatic rings. The molecule has 3 aromatic rings. The smallest absolute Gasteiger partial charge is 0.269 e. The van der Waals surface area contributed by atoms with Crippen LogP contribution >= 0.6 is 11.8 Å². The molecule has 1 unspecified atom stereocenters. The Kier molecular flexibility index (Phi) is 4.94. The molecule has 32 heavy (non-hydrogen) atoms. The van der Waals surface area contributed by atoms with Crippen LogP contribution in [0.25, 0.3) is 0 Å². The van der Waals surface area contributed by atoms with Crippen molar-refractivity contribution in [3.8, 4) is 0 Å². The molecule has 5 rings (SSSR count). The molecule has 0 bridgehead atoms. The van der Waals surface area contributed by atoms with Gasteiger partial charge in [0.15, 0.2) is 0 Å². The van der Waals surface area contributed by atoms with Crippen LogP contribution in [0.2, 0.25) is 0 Å². The Hall–Kier alpha value is -3.65. The van der Waals surface area contributed by atoms with Gasteiger partial charge in [-0.1, -0.05) is 36.4 Å². The fourth-order valence-electron chi connectivity index (χ4n) is 4.17. The number of hydrogen-bond acceptors (Lipinski definition) is 4. The standard InChI is InChI=1S/C24H18FN3O3S/c25-16-10-12-18(13-11-16)28-22(30)15-32-24(28)19-8-4-5-9-20(19)27(23(24)31)14-21(29)26-17-6-2-1-3-7-17/h1-13H,14-15H2,(H,26,29). The number of benzene rings is 3. The van der Waals surface area contributed by atoms with Crippen LogP contribution in [0.4, 0.5) is 21.5 Å². The Labute approximate surface area is 188 Å². The van der Waals surface area contributed by atoms with Crippen molar-refractivity contribution in [2.24, 2.45) is 0 Å². The number of para-hydroxylation sites is 2. The van der Waals surface area contributed by atoms with Gasteiger partial charge in [0.05, 0.1) is 11.4 Å². The van der Waals surface area contributed by atoms with Crippen molar-refractivity contribution in [2.75, 3.05) is 27.4 Å². The van der Waals surface area contributed by atoms with Gasteiger partial charge in [0.25, 0.3) is 5.91 Å². The third kappa shape index (κ3) is 3.15. The van der Waals surface area contributed by atoms with Crippen molar-refractivity contribution in [3.63, 3.8) is 0 Å². The molecule has 1 saturated heterocycles. The molecule has 2 aliphatic heterocycles. The third-order valence-corrected chi connectivity index (χ3v) is 6.89. The van der Waals surface area contributed by atoms with Gasteiger partial charge in [0.2, 0.25) is 16.7 Å². The first kappa shape index (κ1) is 20.3. The lowest BCUT2D eigenvalue weighted by Gasteiger charge is -2.33. The molecule has 8 heteroatoms. The van der Waals surface area contributed by atoms with Crippen LogP contribution in [0.3, 0.4) is 0 Å². The lowest BCUT2D eigenvalue weighted by atomic mass is 10.0. The maximum absolute atomic E-state index is 13.8. The second-order valence-corrected chi connectivity index (χ2v) is 8.63. The molecular formula is C24H18FN3O3S. The Morgan fingerprint density at radius 3 is 2.41 bits per heavy atom. The van der Waals surface area contributed by atoms with Crippen molar-refractivity contribution in [2.45, 2.75) is 4.87 Å². The lowest BCUT2D eigenvalue weighted by Crippen LogP contribution is -2.50. The van der Waals surface area contributed by atoms with Gasteiger partial charge < -0.3 is 5.32 Å². The van der Waals surface area contributed by atoms with Crippen molar-refractivity contribution in [3.05, 3.63) is 90.2 Å². The molecular weight excluding hydrogens is 429 g/mol. The van der Waals surface area contributed by atoms with Crippen LogP contribution in [-0.2, 0) is 19.3 Å². The highest BCUT2D eigenvalue weighted by Crippen LogP contribution is 2.55. The number of carbonyl (C=O) groups is 3. The second kappa shape index (κ2) is 7.80. The van der Waals surface area contributed by atoms with Gasteiger partial charge >= 0.3 is 0 Å². The normalized spacial score (nSPS) is 19.5. The van der Waals surface area contributed by atoms with Gasteiger partial charge in [-0.15, -0.1) is 11.8 Å². The van der Waals surface area contributed by atoms with Crippen molar-refractivity contribution >= 4 is 46.5 Å². The SMILES string of the molecule is O=C(CN1C(=O)C2(SCC(=O)N2c2ccc(F)cc2)c2ccccc21)Nc1ccccc1. The van der Waals surface area contributed by atoms with Gasteiger partial charge in [0, 0.05) is 16.9 Å².